The van der Waals surface area contributed by atoms with Crippen molar-refractivity contribution in [1.82, 2.24) is 4.90 Å². The van der Waals surface area contributed by atoms with E-state index in [0.717, 1.165) is 22.4 Å². The minimum absolute atomic E-state index is 0.170. The first-order valence-corrected chi connectivity index (χ1v) is 8.36. The molecule has 5 heteroatoms. The molecule has 2 bridgehead atoms. The number of aryl methyl sites for hydroxylation is 2. The van der Waals surface area contributed by atoms with E-state index in [1.807, 2.05) is 32.0 Å². The number of fused-ring (bicyclic) bond motifs is 5. The number of amides is 3. The van der Waals surface area contributed by atoms with E-state index in [0.29, 0.717) is 5.69 Å². The summed E-state index contributed by atoms with van der Waals surface area (Å²) >= 11 is 0. The molecule has 0 radical (unpaired) electrons. The second-order valence-electron chi connectivity index (χ2n) is 7.19. The number of hydrogen-bond acceptors (Lipinski definition) is 3. The molecule has 4 rings (SSSR count). The summed E-state index contributed by atoms with van der Waals surface area (Å²) in [6, 6.07) is 5.77. The zero-order valence-corrected chi connectivity index (χ0v) is 13.8. The quantitative estimate of drug-likeness (QED) is 0.683. The lowest BCUT2D eigenvalue weighted by atomic mass is 9.85. The Hall–Kier alpha value is -2.43. The molecule has 1 N–H and O–H groups in total. The third-order valence-corrected chi connectivity index (χ3v) is 5.37. The summed E-state index contributed by atoms with van der Waals surface area (Å²) in [6.45, 7) is 3.72. The maximum Gasteiger partial charge on any atom is 0.244 e. The molecule has 5 nitrogen and oxygen atoms in total. The van der Waals surface area contributed by atoms with Gasteiger partial charge in [-0.2, -0.15) is 0 Å². The summed E-state index contributed by atoms with van der Waals surface area (Å²) < 4.78 is 0. The Balaban J connectivity index is 1.47. The second kappa shape index (κ2) is 5.30. The van der Waals surface area contributed by atoms with Gasteiger partial charge in [-0.25, -0.2) is 0 Å². The summed E-state index contributed by atoms with van der Waals surface area (Å²) in [6.07, 6.45) is 5.00. The van der Waals surface area contributed by atoms with E-state index in [4.69, 9.17) is 0 Å². The number of rotatable bonds is 3. The number of nitrogens with one attached hydrogen (secondary N) is 1. The highest BCUT2D eigenvalue weighted by Crippen LogP contribution is 2.52. The molecule has 4 unspecified atom stereocenters. The van der Waals surface area contributed by atoms with E-state index in [1.165, 1.54) is 0 Å². The van der Waals surface area contributed by atoms with Crippen LogP contribution in [0.3, 0.4) is 0 Å². The highest BCUT2D eigenvalue weighted by molar-refractivity contribution is 6.09. The Morgan fingerprint density at radius 2 is 1.58 bits per heavy atom. The fourth-order valence-electron chi connectivity index (χ4n) is 4.51. The van der Waals surface area contributed by atoms with Crippen molar-refractivity contribution in [1.29, 1.82) is 0 Å². The molecule has 24 heavy (non-hydrogen) atoms. The van der Waals surface area contributed by atoms with Crippen LogP contribution in [0.25, 0.3) is 0 Å². The second-order valence-corrected chi connectivity index (χ2v) is 7.19. The molecule has 1 aromatic carbocycles. The van der Waals surface area contributed by atoms with Crippen molar-refractivity contribution in [3.05, 3.63) is 41.5 Å². The van der Waals surface area contributed by atoms with Crippen molar-refractivity contribution < 1.29 is 14.4 Å². The Labute approximate surface area is 140 Å². The predicted octanol–water partition coefficient (Wildman–Crippen LogP) is 2.05. The number of likely N-dealkylation sites (tertiary alicyclic amines) is 1. The lowest BCUT2D eigenvalue weighted by Gasteiger charge is -2.17. The minimum atomic E-state index is -0.332. The molecule has 0 spiro atoms. The maximum absolute atomic E-state index is 12.6. The van der Waals surface area contributed by atoms with Crippen LogP contribution >= 0.6 is 0 Å². The van der Waals surface area contributed by atoms with Gasteiger partial charge in [0.15, 0.2) is 0 Å². The number of hydrogen-bond donors (Lipinski definition) is 1. The van der Waals surface area contributed by atoms with Gasteiger partial charge >= 0.3 is 0 Å². The summed E-state index contributed by atoms with van der Waals surface area (Å²) in [5.41, 5.74) is 2.80. The number of nitrogens with zero attached hydrogens (tertiary/aromatic N) is 1. The van der Waals surface area contributed by atoms with Gasteiger partial charge in [0, 0.05) is 5.69 Å². The summed E-state index contributed by atoms with van der Waals surface area (Å²) in [5, 5.41) is 2.79. The monoisotopic (exact) mass is 324 g/mol. The molecule has 1 saturated carbocycles. The molecular weight excluding hydrogens is 304 g/mol. The lowest BCUT2D eigenvalue weighted by molar-refractivity contribution is -0.143. The van der Waals surface area contributed by atoms with E-state index in [-0.39, 0.29) is 47.9 Å². The van der Waals surface area contributed by atoms with Crippen LogP contribution in [0.1, 0.15) is 17.5 Å². The third kappa shape index (κ3) is 2.27. The molecule has 1 saturated heterocycles. The van der Waals surface area contributed by atoms with Crippen molar-refractivity contribution in [2.75, 3.05) is 11.9 Å². The number of allylic oxidation sites excluding steroid dienone is 2. The molecular formula is C19H20N2O3. The molecule has 3 amide bonds. The molecule has 0 aromatic heterocycles. The van der Waals surface area contributed by atoms with Crippen molar-refractivity contribution in [2.45, 2.75) is 20.3 Å². The molecule has 1 heterocycles. The lowest BCUT2D eigenvalue weighted by Crippen LogP contribution is -2.39. The summed E-state index contributed by atoms with van der Waals surface area (Å²) in [7, 11) is 0. The molecule has 124 valence electrons. The van der Waals surface area contributed by atoms with E-state index < -0.39 is 0 Å². The van der Waals surface area contributed by atoms with Crippen molar-refractivity contribution >= 4 is 23.4 Å². The normalized spacial score (nSPS) is 30.2. The van der Waals surface area contributed by atoms with E-state index >= 15 is 0 Å². The largest absolute Gasteiger partial charge is 0.325 e. The van der Waals surface area contributed by atoms with Crippen LogP contribution in [0.5, 0.6) is 0 Å². The van der Waals surface area contributed by atoms with Crippen LogP contribution in [0.15, 0.2) is 30.4 Å². The number of carbonyl (C=O) groups excluding carboxylic acids is 3. The smallest absolute Gasteiger partial charge is 0.244 e. The van der Waals surface area contributed by atoms with Crippen molar-refractivity contribution in [2.24, 2.45) is 23.7 Å². The maximum atomic E-state index is 12.6. The Morgan fingerprint density at radius 3 is 2.12 bits per heavy atom. The summed E-state index contributed by atoms with van der Waals surface area (Å²) in [4.78, 5) is 38.6. The fraction of sp³-hybridized carbons (Fsp3) is 0.421. The van der Waals surface area contributed by atoms with Crippen LogP contribution in [-0.4, -0.2) is 29.2 Å². The first-order chi connectivity index (χ1) is 11.4. The van der Waals surface area contributed by atoms with Gasteiger partial charge in [-0.05, 0) is 55.4 Å². The average Bonchev–Trinajstić information content (AvgIpc) is 3.16. The topological polar surface area (TPSA) is 66.5 Å². The third-order valence-electron chi connectivity index (χ3n) is 5.37. The zero-order valence-electron chi connectivity index (χ0n) is 13.8. The molecule has 1 aromatic rings. The van der Waals surface area contributed by atoms with E-state index in [9.17, 15) is 14.4 Å². The highest BCUT2D eigenvalue weighted by atomic mass is 16.2. The van der Waals surface area contributed by atoms with E-state index in [2.05, 4.69) is 17.5 Å². The van der Waals surface area contributed by atoms with Gasteiger partial charge in [0.05, 0.1) is 11.8 Å². The van der Waals surface area contributed by atoms with Gasteiger partial charge in [-0.15, -0.1) is 0 Å². The van der Waals surface area contributed by atoms with Gasteiger partial charge in [0.2, 0.25) is 17.7 Å². The SMILES string of the molecule is Cc1cc(C)cc(NC(=O)CN2C(=O)C3C4C=CC(C4)C3C2=O)c1. The van der Waals surface area contributed by atoms with Crippen molar-refractivity contribution in [3.8, 4) is 0 Å². The number of anilines is 1. The Kier molecular flexibility index (Phi) is 3.34. The zero-order chi connectivity index (χ0) is 17.0. The Bertz CT molecular complexity index is 733. The molecule has 4 atom stereocenters. The van der Waals surface area contributed by atoms with Gasteiger partial charge < -0.3 is 5.32 Å². The van der Waals surface area contributed by atoms with E-state index in [1.54, 1.807) is 0 Å². The number of imide groups is 1. The minimum Gasteiger partial charge on any atom is -0.325 e. The standard InChI is InChI=1S/C19H20N2O3/c1-10-5-11(2)7-14(6-10)20-15(22)9-21-18(23)16-12-3-4-13(8-12)17(16)19(21)24/h3-7,12-13,16-17H,8-9H2,1-2H3,(H,20,22). The van der Waals surface area contributed by atoms with Crippen LogP contribution < -0.4 is 5.32 Å². The average molecular weight is 324 g/mol. The Morgan fingerprint density at radius 1 is 1.04 bits per heavy atom. The number of carbonyl (C=O) groups is 3. The van der Waals surface area contributed by atoms with Gasteiger partial charge in [-0.3, -0.25) is 19.3 Å². The van der Waals surface area contributed by atoms with Gasteiger partial charge in [0.1, 0.15) is 6.54 Å². The molecule has 2 fully saturated rings. The van der Waals surface area contributed by atoms with Gasteiger partial charge in [0.25, 0.3) is 0 Å². The van der Waals surface area contributed by atoms with Crippen LogP contribution in [0.4, 0.5) is 5.69 Å². The number of benzene rings is 1. The van der Waals surface area contributed by atoms with Crippen LogP contribution in [0.2, 0.25) is 0 Å². The van der Waals surface area contributed by atoms with Crippen LogP contribution in [0, 0.1) is 37.5 Å². The van der Waals surface area contributed by atoms with Crippen molar-refractivity contribution in [3.63, 3.8) is 0 Å². The molecule has 1 aliphatic heterocycles. The molecule has 3 aliphatic rings. The first kappa shape index (κ1) is 15.1. The van der Waals surface area contributed by atoms with Gasteiger partial charge in [-0.1, -0.05) is 18.2 Å². The highest BCUT2D eigenvalue weighted by Gasteiger charge is 2.59. The summed E-state index contributed by atoms with van der Waals surface area (Å²) in [5.74, 6) is -0.854. The van der Waals surface area contributed by atoms with Crippen LogP contribution in [-0.2, 0) is 14.4 Å². The fourth-order valence-corrected chi connectivity index (χ4v) is 4.51. The first-order valence-electron chi connectivity index (χ1n) is 8.36. The molecule has 2 aliphatic carbocycles. The predicted molar refractivity (Wildman–Crippen MR) is 89.0 cm³/mol.